The number of aryl methyl sites for hydroxylation is 1. The first-order chi connectivity index (χ1) is 6.60. The average molecular weight is 258 g/mol. The van der Waals surface area contributed by atoms with E-state index in [2.05, 4.69) is 20.7 Å². The quantitative estimate of drug-likeness (QED) is 0.654. The SMILES string of the molecule is CCc1cc(Br)cc(C(=O)OC)c1N. The molecule has 0 radical (unpaired) electrons. The van der Waals surface area contributed by atoms with E-state index in [0.29, 0.717) is 11.3 Å². The molecule has 0 heterocycles. The Kier molecular flexibility index (Phi) is 3.52. The lowest BCUT2D eigenvalue weighted by Gasteiger charge is -2.08. The molecule has 0 fully saturated rings. The van der Waals surface area contributed by atoms with Gasteiger partial charge in [0.15, 0.2) is 0 Å². The number of ether oxygens (including phenoxy) is 1. The van der Waals surface area contributed by atoms with Crippen molar-refractivity contribution in [3.05, 3.63) is 27.7 Å². The van der Waals surface area contributed by atoms with Gasteiger partial charge in [-0.25, -0.2) is 4.79 Å². The third-order valence-electron chi connectivity index (χ3n) is 2.02. The van der Waals surface area contributed by atoms with Crippen LogP contribution in [0.15, 0.2) is 16.6 Å². The lowest BCUT2D eigenvalue weighted by molar-refractivity contribution is 0.0602. The van der Waals surface area contributed by atoms with Gasteiger partial charge in [0.1, 0.15) is 0 Å². The van der Waals surface area contributed by atoms with Gasteiger partial charge in [-0.2, -0.15) is 0 Å². The molecule has 0 unspecified atom stereocenters. The van der Waals surface area contributed by atoms with Crippen LogP contribution in [0.1, 0.15) is 22.8 Å². The first kappa shape index (κ1) is 11.0. The molecular weight excluding hydrogens is 246 g/mol. The monoisotopic (exact) mass is 257 g/mol. The number of carbonyl (C=O) groups is 1. The van der Waals surface area contributed by atoms with E-state index in [1.165, 1.54) is 7.11 Å². The predicted molar refractivity (Wildman–Crippen MR) is 59.3 cm³/mol. The van der Waals surface area contributed by atoms with Crippen LogP contribution in [-0.2, 0) is 11.2 Å². The van der Waals surface area contributed by atoms with Crippen LogP contribution in [0.2, 0.25) is 0 Å². The third kappa shape index (κ3) is 2.07. The molecule has 0 aliphatic carbocycles. The van der Waals surface area contributed by atoms with E-state index in [-0.39, 0.29) is 0 Å². The number of hydrogen-bond acceptors (Lipinski definition) is 3. The van der Waals surface area contributed by atoms with E-state index in [0.717, 1.165) is 16.5 Å². The highest BCUT2D eigenvalue weighted by molar-refractivity contribution is 9.10. The maximum atomic E-state index is 11.3. The van der Waals surface area contributed by atoms with Gasteiger partial charge in [-0.1, -0.05) is 22.9 Å². The van der Waals surface area contributed by atoms with Crippen molar-refractivity contribution in [3.63, 3.8) is 0 Å². The molecule has 0 atom stereocenters. The van der Waals surface area contributed by atoms with Gasteiger partial charge < -0.3 is 10.5 Å². The summed E-state index contributed by atoms with van der Waals surface area (Å²) >= 11 is 3.32. The summed E-state index contributed by atoms with van der Waals surface area (Å²) in [6.07, 6.45) is 0.787. The Balaban J connectivity index is 3.29. The van der Waals surface area contributed by atoms with Crippen molar-refractivity contribution in [1.29, 1.82) is 0 Å². The van der Waals surface area contributed by atoms with Crippen LogP contribution in [0.25, 0.3) is 0 Å². The van der Waals surface area contributed by atoms with E-state index in [9.17, 15) is 4.79 Å². The third-order valence-corrected chi connectivity index (χ3v) is 2.47. The molecule has 0 bridgehead atoms. The molecule has 3 nitrogen and oxygen atoms in total. The molecule has 4 heteroatoms. The normalized spacial score (nSPS) is 9.93. The topological polar surface area (TPSA) is 52.3 Å². The molecule has 0 aliphatic heterocycles. The fraction of sp³-hybridized carbons (Fsp3) is 0.300. The maximum absolute atomic E-state index is 11.3. The van der Waals surface area contributed by atoms with Crippen LogP contribution >= 0.6 is 15.9 Å². The average Bonchev–Trinajstić information content (AvgIpc) is 2.19. The van der Waals surface area contributed by atoms with Gasteiger partial charge in [-0.05, 0) is 24.1 Å². The number of carbonyl (C=O) groups excluding carboxylic acids is 1. The molecule has 2 N–H and O–H groups in total. The minimum atomic E-state index is -0.404. The highest BCUT2D eigenvalue weighted by Crippen LogP contribution is 2.24. The Morgan fingerprint density at radius 2 is 2.21 bits per heavy atom. The molecule has 0 aliphatic rings. The lowest BCUT2D eigenvalue weighted by Crippen LogP contribution is -2.07. The molecule has 1 rings (SSSR count). The van der Waals surface area contributed by atoms with Crippen LogP contribution in [0.5, 0.6) is 0 Å². The summed E-state index contributed by atoms with van der Waals surface area (Å²) in [7, 11) is 1.34. The van der Waals surface area contributed by atoms with Gasteiger partial charge in [0.25, 0.3) is 0 Å². The molecule has 0 aromatic heterocycles. The second-order valence-corrected chi connectivity index (χ2v) is 3.79. The second-order valence-electron chi connectivity index (χ2n) is 2.87. The molecule has 0 saturated carbocycles. The zero-order valence-electron chi connectivity index (χ0n) is 8.13. The summed E-state index contributed by atoms with van der Waals surface area (Å²) in [5.41, 5.74) is 7.68. The summed E-state index contributed by atoms with van der Waals surface area (Å²) < 4.78 is 5.47. The smallest absolute Gasteiger partial charge is 0.340 e. The molecule has 0 spiro atoms. The lowest BCUT2D eigenvalue weighted by atomic mass is 10.1. The largest absolute Gasteiger partial charge is 0.465 e. The number of methoxy groups -OCH3 is 1. The molecule has 76 valence electrons. The Morgan fingerprint density at radius 3 is 2.71 bits per heavy atom. The van der Waals surface area contributed by atoms with Crippen LogP contribution in [-0.4, -0.2) is 13.1 Å². The van der Waals surface area contributed by atoms with Gasteiger partial charge >= 0.3 is 5.97 Å². The number of benzene rings is 1. The van der Waals surface area contributed by atoms with Crippen molar-refractivity contribution in [1.82, 2.24) is 0 Å². The highest BCUT2D eigenvalue weighted by atomic mass is 79.9. The first-order valence-electron chi connectivity index (χ1n) is 4.26. The molecule has 1 aromatic rings. The molecule has 0 saturated heterocycles. The summed E-state index contributed by atoms with van der Waals surface area (Å²) in [6.45, 7) is 1.99. The van der Waals surface area contributed by atoms with Gasteiger partial charge in [0.05, 0.1) is 12.7 Å². The Labute approximate surface area is 91.4 Å². The highest BCUT2D eigenvalue weighted by Gasteiger charge is 2.13. The van der Waals surface area contributed by atoms with Crippen molar-refractivity contribution in [2.24, 2.45) is 0 Å². The number of hydrogen-bond donors (Lipinski definition) is 1. The number of halogens is 1. The van der Waals surface area contributed by atoms with Crippen molar-refractivity contribution in [2.75, 3.05) is 12.8 Å². The maximum Gasteiger partial charge on any atom is 0.340 e. The van der Waals surface area contributed by atoms with E-state index in [1.54, 1.807) is 6.07 Å². The summed E-state index contributed by atoms with van der Waals surface area (Å²) in [6, 6.07) is 3.57. The summed E-state index contributed by atoms with van der Waals surface area (Å²) in [5.74, 6) is -0.404. The van der Waals surface area contributed by atoms with Crippen molar-refractivity contribution in [2.45, 2.75) is 13.3 Å². The zero-order valence-corrected chi connectivity index (χ0v) is 9.72. The van der Waals surface area contributed by atoms with E-state index in [1.807, 2.05) is 13.0 Å². The van der Waals surface area contributed by atoms with Crippen molar-refractivity contribution >= 4 is 27.6 Å². The van der Waals surface area contributed by atoms with Gasteiger partial charge in [0, 0.05) is 10.2 Å². The van der Waals surface area contributed by atoms with Crippen molar-refractivity contribution in [3.8, 4) is 0 Å². The van der Waals surface area contributed by atoms with E-state index < -0.39 is 5.97 Å². The summed E-state index contributed by atoms with van der Waals surface area (Å²) in [4.78, 5) is 11.3. The molecule has 1 aromatic carbocycles. The summed E-state index contributed by atoms with van der Waals surface area (Å²) in [5, 5.41) is 0. The van der Waals surface area contributed by atoms with Crippen molar-refractivity contribution < 1.29 is 9.53 Å². The number of esters is 1. The molecule has 0 amide bonds. The Morgan fingerprint density at radius 1 is 1.57 bits per heavy atom. The van der Waals surface area contributed by atoms with Crippen LogP contribution in [0.4, 0.5) is 5.69 Å². The van der Waals surface area contributed by atoms with E-state index >= 15 is 0 Å². The zero-order chi connectivity index (χ0) is 10.7. The predicted octanol–water partition coefficient (Wildman–Crippen LogP) is 2.38. The number of anilines is 1. The van der Waals surface area contributed by atoms with Gasteiger partial charge in [0.2, 0.25) is 0 Å². The van der Waals surface area contributed by atoms with Crippen LogP contribution < -0.4 is 5.73 Å². The number of rotatable bonds is 2. The van der Waals surface area contributed by atoms with Gasteiger partial charge in [-0.3, -0.25) is 0 Å². The van der Waals surface area contributed by atoms with E-state index in [4.69, 9.17) is 5.73 Å². The molecular formula is C10H12BrNO2. The standard InChI is InChI=1S/C10H12BrNO2/c1-3-6-4-7(11)5-8(9(6)12)10(13)14-2/h4-5H,3,12H2,1-2H3. The minimum absolute atomic E-state index is 0.404. The molecule has 14 heavy (non-hydrogen) atoms. The second kappa shape index (κ2) is 4.46. The minimum Gasteiger partial charge on any atom is -0.465 e. The number of nitrogens with two attached hydrogens (primary N) is 1. The Bertz CT molecular complexity index is 363. The number of nitrogen functional groups attached to an aromatic ring is 1. The fourth-order valence-corrected chi connectivity index (χ4v) is 1.75. The van der Waals surface area contributed by atoms with Crippen LogP contribution in [0, 0.1) is 0 Å². The first-order valence-corrected chi connectivity index (χ1v) is 5.05. The van der Waals surface area contributed by atoms with Gasteiger partial charge in [-0.15, -0.1) is 0 Å². The van der Waals surface area contributed by atoms with Crippen LogP contribution in [0.3, 0.4) is 0 Å². The Hall–Kier alpha value is -1.03. The fourth-order valence-electron chi connectivity index (χ4n) is 1.25.